The van der Waals surface area contributed by atoms with Gasteiger partial charge >= 0.3 is 0 Å². The first kappa shape index (κ1) is 23.8. The summed E-state index contributed by atoms with van der Waals surface area (Å²) < 4.78 is 59.7. The van der Waals surface area contributed by atoms with Crippen LogP contribution in [0.25, 0.3) is 0 Å². The van der Waals surface area contributed by atoms with E-state index in [-0.39, 0.29) is 28.2 Å². The van der Waals surface area contributed by atoms with E-state index in [9.17, 15) is 17.2 Å². The van der Waals surface area contributed by atoms with Gasteiger partial charge in [-0.15, -0.1) is 0 Å². The van der Waals surface area contributed by atoms with E-state index >= 15 is 0 Å². The van der Waals surface area contributed by atoms with Crippen molar-refractivity contribution in [3.05, 3.63) is 30.1 Å². The summed E-state index contributed by atoms with van der Waals surface area (Å²) in [7, 11) is -4.34. The lowest BCUT2D eigenvalue weighted by atomic mass is 9.57. The summed E-state index contributed by atoms with van der Waals surface area (Å²) >= 11 is 0.785. The first-order valence-corrected chi connectivity index (χ1v) is 12.3. The average Bonchev–Trinajstić information content (AvgIpc) is 3.18. The van der Waals surface area contributed by atoms with Gasteiger partial charge in [-0.2, -0.15) is 4.37 Å². The Morgan fingerprint density at radius 3 is 2.65 bits per heavy atom. The highest BCUT2D eigenvalue weighted by molar-refractivity contribution is 7.93. The van der Waals surface area contributed by atoms with E-state index in [2.05, 4.69) is 26.3 Å². The lowest BCUT2D eigenvalue weighted by Gasteiger charge is -2.49. The third-order valence-electron chi connectivity index (χ3n) is 6.25. The molecule has 31 heavy (non-hydrogen) atoms. The normalized spacial score (nSPS) is 23.1. The molecule has 3 unspecified atom stereocenters. The maximum Gasteiger partial charge on any atom is 0.266 e. The average molecular weight is 475 g/mol. The zero-order valence-corrected chi connectivity index (χ0v) is 19.1. The number of rotatable bonds is 10. The second-order valence-corrected chi connectivity index (χ2v) is 10.9. The molecule has 4 atom stereocenters. The quantitative estimate of drug-likeness (QED) is 0.416. The van der Waals surface area contributed by atoms with Crippen molar-refractivity contribution in [1.82, 2.24) is 9.36 Å². The first-order valence-electron chi connectivity index (χ1n) is 10.0. The summed E-state index contributed by atoms with van der Waals surface area (Å²) in [6, 6.07) is 1.34. The van der Waals surface area contributed by atoms with Crippen LogP contribution in [0.5, 0.6) is 0 Å². The van der Waals surface area contributed by atoms with E-state index in [0.717, 1.165) is 43.2 Å². The predicted octanol–water partition coefficient (Wildman–Crippen LogP) is 2.76. The number of sulfonamides is 1. The highest BCUT2D eigenvalue weighted by atomic mass is 32.2. The molecule has 172 valence electrons. The molecular weight excluding hydrogens is 446 g/mol. The van der Waals surface area contributed by atoms with Gasteiger partial charge in [-0.05, 0) is 56.0 Å². The molecule has 0 radical (unpaired) electrons. The Balaban J connectivity index is 1.72. The molecule has 0 saturated heterocycles. The standard InChI is InChI=1S/C19H28F2N6O2S2/c1-11(23)12(7-19(2)4-3-13(19)8-22)9-24-16-5-15(21)17(6-14(16)20)31(28,29)27-18-25-10-26-30-18/h5-6,10-13,24H,3-4,7-9,22-23H2,1-2H3,(H,25,26,27)/t11-,12?,13?,19?/m1/s1. The Bertz CT molecular complexity index is 1000. The smallest absolute Gasteiger partial charge is 0.266 e. The largest absolute Gasteiger partial charge is 0.382 e. The van der Waals surface area contributed by atoms with Gasteiger partial charge < -0.3 is 16.8 Å². The molecule has 2 aromatic rings. The van der Waals surface area contributed by atoms with Gasteiger partial charge in [0.05, 0.1) is 5.69 Å². The molecule has 6 N–H and O–H groups in total. The summed E-state index contributed by atoms with van der Waals surface area (Å²) in [6.45, 7) is 5.03. The van der Waals surface area contributed by atoms with Gasteiger partial charge in [0.15, 0.2) is 0 Å². The Morgan fingerprint density at radius 2 is 2.10 bits per heavy atom. The third-order valence-corrected chi connectivity index (χ3v) is 8.32. The molecule has 1 aliphatic carbocycles. The van der Waals surface area contributed by atoms with Gasteiger partial charge in [-0.25, -0.2) is 22.2 Å². The Kier molecular flexibility index (Phi) is 7.14. The van der Waals surface area contributed by atoms with Crippen molar-refractivity contribution in [2.75, 3.05) is 23.1 Å². The minimum atomic E-state index is -4.34. The molecule has 3 rings (SSSR count). The van der Waals surface area contributed by atoms with Crippen molar-refractivity contribution in [2.45, 2.75) is 44.0 Å². The lowest BCUT2D eigenvalue weighted by Crippen LogP contribution is -2.46. The molecule has 0 aliphatic heterocycles. The fraction of sp³-hybridized carbons (Fsp3) is 0.579. The summed E-state index contributed by atoms with van der Waals surface area (Å²) in [5, 5.41) is 2.86. The maximum absolute atomic E-state index is 14.6. The lowest BCUT2D eigenvalue weighted by molar-refractivity contribution is 0.0275. The van der Waals surface area contributed by atoms with E-state index in [0.29, 0.717) is 25.1 Å². The summed E-state index contributed by atoms with van der Waals surface area (Å²) in [5.74, 6) is -1.50. The van der Waals surface area contributed by atoms with Gasteiger partial charge in [0.25, 0.3) is 10.0 Å². The Hall–Kier alpha value is -1.89. The van der Waals surface area contributed by atoms with Crippen LogP contribution >= 0.6 is 11.5 Å². The van der Waals surface area contributed by atoms with Crippen LogP contribution in [0.4, 0.5) is 19.6 Å². The van der Waals surface area contributed by atoms with Crippen LogP contribution in [-0.2, 0) is 10.0 Å². The number of benzene rings is 1. The van der Waals surface area contributed by atoms with Crippen LogP contribution in [0.2, 0.25) is 0 Å². The number of aromatic nitrogens is 2. The van der Waals surface area contributed by atoms with Gasteiger partial charge in [0, 0.05) is 30.2 Å². The molecule has 8 nitrogen and oxygen atoms in total. The minimum Gasteiger partial charge on any atom is -0.382 e. The zero-order valence-electron chi connectivity index (χ0n) is 17.4. The van der Waals surface area contributed by atoms with E-state index in [1.165, 1.54) is 0 Å². The van der Waals surface area contributed by atoms with E-state index in [1.54, 1.807) is 0 Å². The van der Waals surface area contributed by atoms with Gasteiger partial charge in [0.2, 0.25) is 5.13 Å². The van der Waals surface area contributed by atoms with Crippen LogP contribution in [0, 0.1) is 28.9 Å². The van der Waals surface area contributed by atoms with Crippen molar-refractivity contribution in [3.63, 3.8) is 0 Å². The van der Waals surface area contributed by atoms with Crippen molar-refractivity contribution in [2.24, 2.45) is 28.7 Å². The fourth-order valence-corrected chi connectivity index (χ4v) is 5.79. The molecular formula is C19H28F2N6O2S2. The minimum absolute atomic E-state index is 0.0179. The Morgan fingerprint density at radius 1 is 1.35 bits per heavy atom. The molecule has 0 amide bonds. The topological polar surface area (TPSA) is 136 Å². The molecule has 0 spiro atoms. The number of nitrogens with two attached hydrogens (primary N) is 2. The number of halogens is 2. The van der Waals surface area contributed by atoms with Crippen molar-refractivity contribution in [3.8, 4) is 0 Å². The summed E-state index contributed by atoms with van der Waals surface area (Å²) in [4.78, 5) is 2.88. The maximum atomic E-state index is 14.6. The van der Waals surface area contributed by atoms with Crippen molar-refractivity contribution in [1.29, 1.82) is 0 Å². The number of nitrogens with one attached hydrogen (secondary N) is 2. The fourth-order valence-electron chi connectivity index (χ4n) is 4.05. The number of nitrogens with zero attached hydrogens (tertiary/aromatic N) is 2. The zero-order chi connectivity index (χ0) is 22.8. The van der Waals surface area contributed by atoms with Gasteiger partial charge in [-0.3, -0.25) is 4.72 Å². The van der Waals surface area contributed by atoms with Gasteiger partial charge in [-0.1, -0.05) is 6.92 Å². The predicted molar refractivity (Wildman–Crippen MR) is 117 cm³/mol. The van der Waals surface area contributed by atoms with E-state index in [4.69, 9.17) is 11.5 Å². The van der Waals surface area contributed by atoms with Crippen molar-refractivity contribution < 1.29 is 17.2 Å². The molecule has 1 aromatic carbocycles. The van der Waals surface area contributed by atoms with Crippen LogP contribution in [0.15, 0.2) is 23.4 Å². The molecule has 0 bridgehead atoms. The van der Waals surface area contributed by atoms with Crippen LogP contribution in [-0.4, -0.2) is 36.9 Å². The second kappa shape index (κ2) is 9.31. The molecule has 12 heteroatoms. The summed E-state index contributed by atoms with van der Waals surface area (Å²) in [5.41, 5.74) is 12.0. The first-order chi connectivity index (χ1) is 14.6. The molecule has 1 fully saturated rings. The molecule has 1 saturated carbocycles. The van der Waals surface area contributed by atoms with Crippen LogP contribution < -0.4 is 21.5 Å². The summed E-state index contributed by atoms with van der Waals surface area (Å²) in [6.07, 6.45) is 4.13. The van der Waals surface area contributed by atoms with Gasteiger partial charge in [0.1, 0.15) is 22.9 Å². The SMILES string of the molecule is C[C@@H](N)C(CNc1cc(F)c(S(=O)(=O)Nc2ncns2)cc1F)CC1(C)CCC1CN. The highest BCUT2D eigenvalue weighted by Gasteiger charge is 2.43. The molecule has 1 aromatic heterocycles. The Labute approximate surface area is 185 Å². The molecule has 1 heterocycles. The monoisotopic (exact) mass is 474 g/mol. The van der Waals surface area contributed by atoms with E-state index in [1.807, 2.05) is 6.92 Å². The highest BCUT2D eigenvalue weighted by Crippen LogP contribution is 2.50. The van der Waals surface area contributed by atoms with Crippen LogP contribution in [0.3, 0.4) is 0 Å². The number of hydrogen-bond donors (Lipinski definition) is 4. The second-order valence-electron chi connectivity index (χ2n) is 8.44. The third kappa shape index (κ3) is 5.30. The van der Waals surface area contributed by atoms with Crippen LogP contribution in [0.1, 0.15) is 33.1 Å². The van der Waals surface area contributed by atoms with Crippen molar-refractivity contribution >= 4 is 32.4 Å². The molecule has 1 aliphatic rings. The van der Waals surface area contributed by atoms with E-state index < -0.39 is 26.6 Å². The number of anilines is 2. The number of hydrogen-bond acceptors (Lipinski definition) is 8.